The SMILES string of the molecule is c1csc(-c2ccc(-c3cccs3)c3scnc23)c1. The van der Waals surface area contributed by atoms with Gasteiger partial charge in [0.1, 0.15) is 0 Å². The number of hydrogen-bond acceptors (Lipinski definition) is 4. The summed E-state index contributed by atoms with van der Waals surface area (Å²) in [4.78, 5) is 7.17. The van der Waals surface area contributed by atoms with E-state index < -0.39 is 0 Å². The van der Waals surface area contributed by atoms with E-state index in [1.54, 1.807) is 34.0 Å². The van der Waals surface area contributed by atoms with E-state index in [4.69, 9.17) is 0 Å². The summed E-state index contributed by atoms with van der Waals surface area (Å²) >= 11 is 5.27. The van der Waals surface area contributed by atoms with Crippen molar-refractivity contribution in [3.05, 3.63) is 52.7 Å². The standard InChI is InChI=1S/C15H9NS3/c1-3-12(17-7-1)10-5-6-11(13-4-2-8-18-13)15-14(10)16-9-19-15/h1-9H. The Morgan fingerprint density at radius 2 is 1.42 bits per heavy atom. The molecule has 0 atom stereocenters. The highest BCUT2D eigenvalue weighted by molar-refractivity contribution is 7.19. The van der Waals surface area contributed by atoms with Gasteiger partial charge in [0.05, 0.1) is 15.7 Å². The van der Waals surface area contributed by atoms with E-state index in [-0.39, 0.29) is 0 Å². The van der Waals surface area contributed by atoms with Crippen LogP contribution in [-0.4, -0.2) is 4.98 Å². The Morgan fingerprint density at radius 3 is 2.11 bits per heavy atom. The first-order chi connectivity index (χ1) is 9.43. The van der Waals surface area contributed by atoms with Gasteiger partial charge >= 0.3 is 0 Å². The van der Waals surface area contributed by atoms with Crippen molar-refractivity contribution in [2.24, 2.45) is 0 Å². The van der Waals surface area contributed by atoms with Gasteiger partial charge in [0.25, 0.3) is 0 Å². The average molecular weight is 299 g/mol. The Hall–Kier alpha value is -1.49. The molecule has 0 spiro atoms. The number of fused-ring (bicyclic) bond motifs is 1. The summed E-state index contributed by atoms with van der Waals surface area (Å²) in [5.74, 6) is 0. The normalized spacial score (nSPS) is 11.2. The van der Waals surface area contributed by atoms with Crippen molar-refractivity contribution in [1.82, 2.24) is 4.98 Å². The fourth-order valence-electron chi connectivity index (χ4n) is 2.21. The molecule has 19 heavy (non-hydrogen) atoms. The maximum Gasteiger partial charge on any atom is 0.0905 e. The molecular formula is C15H9NS3. The monoisotopic (exact) mass is 299 g/mol. The minimum absolute atomic E-state index is 1.12. The van der Waals surface area contributed by atoms with Crippen LogP contribution in [-0.2, 0) is 0 Å². The first kappa shape index (κ1) is 11.3. The summed E-state index contributed by atoms with van der Waals surface area (Å²) in [6.45, 7) is 0. The molecule has 0 amide bonds. The van der Waals surface area contributed by atoms with Crippen molar-refractivity contribution in [3.63, 3.8) is 0 Å². The maximum absolute atomic E-state index is 4.57. The Labute approximate surface area is 122 Å². The zero-order valence-electron chi connectivity index (χ0n) is 9.87. The van der Waals surface area contributed by atoms with E-state index in [1.165, 1.54) is 25.6 Å². The van der Waals surface area contributed by atoms with Crippen molar-refractivity contribution in [3.8, 4) is 20.9 Å². The number of thiazole rings is 1. The summed E-state index contributed by atoms with van der Waals surface area (Å²) in [5, 5.41) is 4.23. The second kappa shape index (κ2) is 4.56. The lowest BCUT2D eigenvalue weighted by Crippen LogP contribution is -1.79. The highest BCUT2D eigenvalue weighted by Gasteiger charge is 2.12. The topological polar surface area (TPSA) is 12.9 Å². The molecule has 1 aromatic carbocycles. The molecule has 0 unspecified atom stereocenters. The zero-order valence-corrected chi connectivity index (χ0v) is 12.3. The fraction of sp³-hybridized carbons (Fsp3) is 0. The summed E-state index contributed by atoms with van der Waals surface area (Å²) in [6, 6.07) is 12.9. The Balaban J connectivity index is 2.01. The molecule has 3 aromatic heterocycles. The molecule has 0 aliphatic heterocycles. The third kappa shape index (κ3) is 1.84. The van der Waals surface area contributed by atoms with Crippen LogP contribution in [0.1, 0.15) is 0 Å². The van der Waals surface area contributed by atoms with Crippen LogP contribution >= 0.6 is 34.0 Å². The number of thiophene rings is 2. The van der Waals surface area contributed by atoms with Gasteiger partial charge in [-0.2, -0.15) is 0 Å². The third-order valence-electron chi connectivity index (χ3n) is 3.06. The second-order valence-corrected chi connectivity index (χ2v) is 6.90. The van der Waals surface area contributed by atoms with Gasteiger partial charge in [0.15, 0.2) is 0 Å². The predicted molar refractivity (Wildman–Crippen MR) is 86.2 cm³/mol. The number of benzene rings is 1. The molecule has 1 nitrogen and oxygen atoms in total. The van der Waals surface area contributed by atoms with Gasteiger partial charge in [-0.15, -0.1) is 34.0 Å². The van der Waals surface area contributed by atoms with E-state index in [9.17, 15) is 0 Å². The van der Waals surface area contributed by atoms with E-state index in [2.05, 4.69) is 52.1 Å². The van der Waals surface area contributed by atoms with Gasteiger partial charge in [-0.05, 0) is 22.9 Å². The molecule has 92 valence electrons. The van der Waals surface area contributed by atoms with Crippen molar-refractivity contribution in [1.29, 1.82) is 0 Å². The predicted octanol–water partition coefficient (Wildman–Crippen LogP) is 5.75. The first-order valence-electron chi connectivity index (χ1n) is 5.87. The van der Waals surface area contributed by atoms with Crippen LogP contribution in [0.5, 0.6) is 0 Å². The molecule has 0 radical (unpaired) electrons. The minimum Gasteiger partial charge on any atom is -0.244 e. The maximum atomic E-state index is 4.57. The van der Waals surface area contributed by atoms with Crippen LogP contribution in [0.4, 0.5) is 0 Å². The molecule has 0 aliphatic rings. The van der Waals surface area contributed by atoms with E-state index in [0.717, 1.165) is 5.52 Å². The number of aromatic nitrogens is 1. The van der Waals surface area contributed by atoms with Crippen molar-refractivity contribution < 1.29 is 0 Å². The van der Waals surface area contributed by atoms with Crippen LogP contribution in [0.3, 0.4) is 0 Å². The molecule has 4 heteroatoms. The molecule has 0 N–H and O–H groups in total. The smallest absolute Gasteiger partial charge is 0.0905 e. The average Bonchev–Trinajstić information content (AvgIpc) is 3.19. The highest BCUT2D eigenvalue weighted by Crippen LogP contribution is 2.39. The molecular weight excluding hydrogens is 290 g/mol. The van der Waals surface area contributed by atoms with Gasteiger partial charge in [-0.1, -0.05) is 24.3 Å². The second-order valence-electron chi connectivity index (χ2n) is 4.15. The van der Waals surface area contributed by atoms with Crippen LogP contribution in [0.25, 0.3) is 31.1 Å². The fourth-order valence-corrected chi connectivity index (χ4v) is 4.62. The Morgan fingerprint density at radius 1 is 0.737 bits per heavy atom. The van der Waals surface area contributed by atoms with Crippen LogP contribution in [0.15, 0.2) is 52.7 Å². The summed E-state index contributed by atoms with van der Waals surface area (Å²) in [6.07, 6.45) is 0. The molecule has 0 saturated heterocycles. The molecule has 3 heterocycles. The number of hydrogen-bond donors (Lipinski definition) is 0. The first-order valence-corrected chi connectivity index (χ1v) is 8.51. The lowest BCUT2D eigenvalue weighted by Gasteiger charge is -2.04. The Bertz CT molecular complexity index is 742. The van der Waals surface area contributed by atoms with Gasteiger partial charge < -0.3 is 0 Å². The summed E-state index contributed by atoms with van der Waals surface area (Å²) in [7, 11) is 0. The zero-order chi connectivity index (χ0) is 12.7. The number of nitrogens with zero attached hydrogens (tertiary/aromatic N) is 1. The molecule has 4 rings (SSSR count). The van der Waals surface area contributed by atoms with E-state index >= 15 is 0 Å². The van der Waals surface area contributed by atoms with Crippen molar-refractivity contribution in [2.45, 2.75) is 0 Å². The van der Waals surface area contributed by atoms with Crippen LogP contribution in [0, 0.1) is 0 Å². The van der Waals surface area contributed by atoms with Gasteiger partial charge in [-0.25, -0.2) is 4.98 Å². The molecule has 4 aromatic rings. The van der Waals surface area contributed by atoms with Gasteiger partial charge in [0, 0.05) is 20.9 Å². The highest BCUT2D eigenvalue weighted by atomic mass is 32.1. The molecule has 0 aliphatic carbocycles. The quantitative estimate of drug-likeness (QED) is 0.459. The van der Waals surface area contributed by atoms with Crippen molar-refractivity contribution >= 4 is 44.2 Å². The van der Waals surface area contributed by atoms with Gasteiger partial charge in [-0.3, -0.25) is 0 Å². The minimum atomic E-state index is 1.12. The lowest BCUT2D eigenvalue weighted by molar-refractivity contribution is 1.50. The molecule has 0 bridgehead atoms. The third-order valence-corrected chi connectivity index (χ3v) is 5.72. The Kier molecular flexibility index (Phi) is 2.72. The van der Waals surface area contributed by atoms with E-state index in [0.29, 0.717) is 0 Å². The molecule has 0 saturated carbocycles. The number of rotatable bonds is 2. The largest absolute Gasteiger partial charge is 0.244 e. The lowest BCUT2D eigenvalue weighted by atomic mass is 10.1. The van der Waals surface area contributed by atoms with Crippen LogP contribution < -0.4 is 0 Å². The summed E-state index contributed by atoms with van der Waals surface area (Å²) < 4.78 is 1.29. The van der Waals surface area contributed by atoms with Crippen LogP contribution in [0.2, 0.25) is 0 Å². The van der Waals surface area contributed by atoms with Gasteiger partial charge in [0.2, 0.25) is 0 Å². The molecule has 0 fully saturated rings. The summed E-state index contributed by atoms with van der Waals surface area (Å²) in [5.41, 5.74) is 5.61. The van der Waals surface area contributed by atoms with Crippen molar-refractivity contribution in [2.75, 3.05) is 0 Å². The van der Waals surface area contributed by atoms with E-state index in [1.807, 2.05) is 5.51 Å².